The fourth-order valence-corrected chi connectivity index (χ4v) is 2.92. The van der Waals surface area contributed by atoms with Gasteiger partial charge in [-0.25, -0.2) is 0 Å². The van der Waals surface area contributed by atoms with E-state index in [1.54, 1.807) is 0 Å². The van der Waals surface area contributed by atoms with Crippen LogP contribution in [-0.4, -0.2) is 46.3 Å². The molecule has 1 aliphatic rings. The Bertz CT molecular complexity index is 656. The standard InChI is InChI=1S/C18H26N4O2/c1-13(2)17-20-21-18(24-17)16-12-22(9-10-23-16)8-4-5-15-11-19-7-6-14(15)3/h6-7,11,13,16H,4-5,8-10,12H2,1-3H3. The van der Waals surface area contributed by atoms with Crippen molar-refractivity contribution in [2.75, 3.05) is 26.2 Å². The number of nitrogens with zero attached hydrogens (tertiary/aromatic N) is 4. The van der Waals surface area contributed by atoms with Crippen LogP contribution in [0.1, 0.15) is 55.2 Å². The monoisotopic (exact) mass is 330 g/mol. The molecule has 6 heteroatoms. The number of aromatic nitrogens is 3. The molecule has 6 nitrogen and oxygen atoms in total. The summed E-state index contributed by atoms with van der Waals surface area (Å²) >= 11 is 0. The van der Waals surface area contributed by atoms with E-state index in [1.807, 2.05) is 26.2 Å². The molecule has 2 aromatic heterocycles. The van der Waals surface area contributed by atoms with E-state index in [0.717, 1.165) is 32.5 Å². The molecular formula is C18H26N4O2. The largest absolute Gasteiger partial charge is 0.422 e. The van der Waals surface area contributed by atoms with Crippen molar-refractivity contribution >= 4 is 0 Å². The third-order valence-corrected chi connectivity index (χ3v) is 4.44. The number of aryl methyl sites for hydroxylation is 2. The summed E-state index contributed by atoms with van der Waals surface area (Å²) in [4.78, 5) is 6.63. The smallest absolute Gasteiger partial charge is 0.246 e. The van der Waals surface area contributed by atoms with Gasteiger partial charge in [-0.05, 0) is 43.5 Å². The van der Waals surface area contributed by atoms with E-state index in [0.29, 0.717) is 18.4 Å². The summed E-state index contributed by atoms with van der Waals surface area (Å²) < 4.78 is 11.6. The zero-order chi connectivity index (χ0) is 16.9. The third kappa shape index (κ3) is 4.19. The van der Waals surface area contributed by atoms with Crippen molar-refractivity contribution in [1.82, 2.24) is 20.1 Å². The Labute approximate surface area is 143 Å². The maximum Gasteiger partial charge on any atom is 0.246 e. The molecular weight excluding hydrogens is 304 g/mol. The second-order valence-corrected chi connectivity index (χ2v) is 6.70. The molecule has 130 valence electrons. The third-order valence-electron chi connectivity index (χ3n) is 4.44. The molecule has 0 saturated carbocycles. The van der Waals surface area contributed by atoms with E-state index < -0.39 is 0 Å². The van der Waals surface area contributed by atoms with E-state index in [1.165, 1.54) is 11.1 Å². The van der Waals surface area contributed by atoms with Gasteiger partial charge in [-0.1, -0.05) is 13.8 Å². The number of hydrogen-bond donors (Lipinski definition) is 0. The van der Waals surface area contributed by atoms with Crippen LogP contribution in [0.25, 0.3) is 0 Å². The van der Waals surface area contributed by atoms with E-state index in [9.17, 15) is 0 Å². The molecule has 0 N–H and O–H groups in total. The summed E-state index contributed by atoms with van der Waals surface area (Å²) in [7, 11) is 0. The van der Waals surface area contributed by atoms with Gasteiger partial charge in [0.25, 0.3) is 0 Å². The van der Waals surface area contributed by atoms with Crippen LogP contribution in [0.4, 0.5) is 0 Å². The summed E-state index contributed by atoms with van der Waals surface area (Å²) in [6, 6.07) is 2.07. The van der Waals surface area contributed by atoms with Crippen LogP contribution in [-0.2, 0) is 11.2 Å². The van der Waals surface area contributed by atoms with Gasteiger partial charge in [-0.15, -0.1) is 10.2 Å². The molecule has 0 radical (unpaired) electrons. The predicted octanol–water partition coefficient (Wildman–Crippen LogP) is 2.90. The Kier molecular flexibility index (Phi) is 5.58. The van der Waals surface area contributed by atoms with Crippen molar-refractivity contribution in [3.8, 4) is 0 Å². The van der Waals surface area contributed by atoms with Crippen molar-refractivity contribution in [2.45, 2.75) is 45.6 Å². The van der Waals surface area contributed by atoms with Crippen LogP contribution in [0.15, 0.2) is 22.9 Å². The van der Waals surface area contributed by atoms with E-state index in [-0.39, 0.29) is 12.0 Å². The van der Waals surface area contributed by atoms with Gasteiger partial charge in [0, 0.05) is 31.4 Å². The molecule has 3 rings (SSSR count). The van der Waals surface area contributed by atoms with E-state index in [4.69, 9.17) is 9.15 Å². The molecule has 0 aromatic carbocycles. The average Bonchev–Trinajstić information content (AvgIpc) is 3.07. The maximum absolute atomic E-state index is 5.82. The van der Waals surface area contributed by atoms with Gasteiger partial charge in [0.2, 0.25) is 11.8 Å². The van der Waals surface area contributed by atoms with Gasteiger partial charge >= 0.3 is 0 Å². The van der Waals surface area contributed by atoms with Crippen LogP contribution in [0.2, 0.25) is 0 Å². The molecule has 0 amide bonds. The first-order valence-electron chi connectivity index (χ1n) is 8.70. The van der Waals surface area contributed by atoms with Crippen molar-refractivity contribution < 1.29 is 9.15 Å². The van der Waals surface area contributed by atoms with Gasteiger partial charge in [-0.2, -0.15) is 0 Å². The number of ether oxygens (including phenoxy) is 1. The molecule has 0 bridgehead atoms. The molecule has 1 fully saturated rings. The lowest BCUT2D eigenvalue weighted by Crippen LogP contribution is -2.39. The second-order valence-electron chi connectivity index (χ2n) is 6.70. The highest BCUT2D eigenvalue weighted by Gasteiger charge is 2.26. The lowest BCUT2D eigenvalue weighted by atomic mass is 10.1. The number of morpholine rings is 1. The van der Waals surface area contributed by atoms with Gasteiger partial charge in [0.1, 0.15) is 6.10 Å². The maximum atomic E-state index is 5.82. The Balaban J connectivity index is 1.51. The summed E-state index contributed by atoms with van der Waals surface area (Å²) in [6.45, 7) is 9.75. The van der Waals surface area contributed by atoms with Gasteiger partial charge in [-0.3, -0.25) is 9.88 Å². The summed E-state index contributed by atoms with van der Waals surface area (Å²) in [5.41, 5.74) is 2.65. The van der Waals surface area contributed by atoms with Crippen LogP contribution >= 0.6 is 0 Å². The van der Waals surface area contributed by atoms with Gasteiger partial charge < -0.3 is 9.15 Å². The number of hydrogen-bond acceptors (Lipinski definition) is 6. The highest BCUT2D eigenvalue weighted by molar-refractivity contribution is 5.21. The van der Waals surface area contributed by atoms with Crippen molar-refractivity contribution in [1.29, 1.82) is 0 Å². The second kappa shape index (κ2) is 7.85. The Morgan fingerprint density at radius 3 is 2.96 bits per heavy atom. The number of pyridine rings is 1. The Morgan fingerprint density at radius 1 is 1.33 bits per heavy atom. The molecule has 1 atom stereocenters. The first-order valence-corrected chi connectivity index (χ1v) is 8.70. The molecule has 24 heavy (non-hydrogen) atoms. The highest BCUT2D eigenvalue weighted by atomic mass is 16.5. The summed E-state index contributed by atoms with van der Waals surface area (Å²) in [5.74, 6) is 1.53. The summed E-state index contributed by atoms with van der Waals surface area (Å²) in [6.07, 6.45) is 5.88. The van der Waals surface area contributed by atoms with Crippen LogP contribution in [0.5, 0.6) is 0 Å². The number of rotatable bonds is 6. The minimum absolute atomic E-state index is 0.112. The minimum Gasteiger partial charge on any atom is -0.422 e. The molecule has 3 heterocycles. The molecule has 2 aromatic rings. The predicted molar refractivity (Wildman–Crippen MR) is 90.8 cm³/mol. The minimum atomic E-state index is -0.112. The van der Waals surface area contributed by atoms with E-state index in [2.05, 4.69) is 33.1 Å². The normalized spacial score (nSPS) is 19.1. The fraction of sp³-hybridized carbons (Fsp3) is 0.611. The molecule has 1 saturated heterocycles. The quantitative estimate of drug-likeness (QED) is 0.811. The first kappa shape index (κ1) is 17.0. The average molecular weight is 330 g/mol. The van der Waals surface area contributed by atoms with Crippen molar-refractivity contribution in [3.05, 3.63) is 41.4 Å². The first-order chi connectivity index (χ1) is 11.6. The Morgan fingerprint density at radius 2 is 2.21 bits per heavy atom. The molecule has 0 aliphatic carbocycles. The van der Waals surface area contributed by atoms with Crippen LogP contribution < -0.4 is 0 Å². The van der Waals surface area contributed by atoms with Gasteiger partial charge in [0.15, 0.2) is 0 Å². The van der Waals surface area contributed by atoms with Crippen LogP contribution in [0.3, 0.4) is 0 Å². The highest BCUT2D eigenvalue weighted by Crippen LogP contribution is 2.23. The summed E-state index contributed by atoms with van der Waals surface area (Å²) in [5, 5.41) is 8.26. The zero-order valence-electron chi connectivity index (χ0n) is 14.7. The topological polar surface area (TPSA) is 64.3 Å². The molecule has 0 spiro atoms. The Hall–Kier alpha value is -1.79. The SMILES string of the molecule is Cc1ccncc1CCCN1CCOC(c2nnc(C(C)C)o2)C1. The lowest BCUT2D eigenvalue weighted by molar-refractivity contribution is -0.0433. The molecule has 1 aliphatic heterocycles. The van der Waals surface area contributed by atoms with Crippen molar-refractivity contribution in [3.63, 3.8) is 0 Å². The molecule has 1 unspecified atom stereocenters. The van der Waals surface area contributed by atoms with Crippen LogP contribution in [0, 0.1) is 6.92 Å². The van der Waals surface area contributed by atoms with Gasteiger partial charge in [0.05, 0.1) is 6.61 Å². The van der Waals surface area contributed by atoms with Crippen molar-refractivity contribution in [2.24, 2.45) is 0 Å². The van der Waals surface area contributed by atoms with E-state index >= 15 is 0 Å². The lowest BCUT2D eigenvalue weighted by Gasteiger charge is -2.31. The zero-order valence-corrected chi connectivity index (χ0v) is 14.7. The fourth-order valence-electron chi connectivity index (χ4n) is 2.92.